The van der Waals surface area contributed by atoms with E-state index in [1.807, 2.05) is 50.2 Å². The molecule has 1 heterocycles. The molecule has 4 rings (SSSR count). The minimum atomic E-state index is -0.461. The van der Waals surface area contributed by atoms with Crippen molar-refractivity contribution in [2.45, 2.75) is 33.6 Å². The van der Waals surface area contributed by atoms with Gasteiger partial charge in [0.25, 0.3) is 5.56 Å². The van der Waals surface area contributed by atoms with Gasteiger partial charge in [0, 0.05) is 5.56 Å². The van der Waals surface area contributed by atoms with Crippen molar-refractivity contribution in [3.63, 3.8) is 0 Å². The predicted molar refractivity (Wildman–Crippen MR) is 161 cm³/mol. The van der Waals surface area contributed by atoms with E-state index >= 15 is 0 Å². The van der Waals surface area contributed by atoms with Crippen LogP contribution in [-0.4, -0.2) is 42.2 Å². The Labute approximate surface area is 240 Å². The summed E-state index contributed by atoms with van der Waals surface area (Å²) < 4.78 is 18.2. The van der Waals surface area contributed by atoms with Crippen LogP contribution in [0.3, 0.4) is 0 Å². The van der Waals surface area contributed by atoms with E-state index in [-0.39, 0.29) is 18.1 Å². The van der Waals surface area contributed by atoms with E-state index < -0.39 is 5.97 Å². The van der Waals surface area contributed by atoms with Gasteiger partial charge in [0.2, 0.25) is 0 Å². The van der Waals surface area contributed by atoms with Gasteiger partial charge in [-0.15, -0.1) is 0 Å². The zero-order valence-electron chi connectivity index (χ0n) is 22.5. The second-order valence-electron chi connectivity index (χ2n) is 9.16. The molecule has 0 amide bonds. The normalized spacial score (nSPS) is 11.4. The smallest absolute Gasteiger partial charge is 0.343 e. The average molecular weight is 639 g/mol. The highest BCUT2D eigenvalue weighted by molar-refractivity contribution is 14.1. The number of aromatic nitrogens is 2. The largest absolute Gasteiger partial charge is 0.494 e. The maximum Gasteiger partial charge on any atom is 0.343 e. The molecular formula is C30H30IN3O5. The number of carbonyl (C=O) groups excluding carboxylic acids is 1. The molecule has 0 bridgehead atoms. The minimum absolute atomic E-state index is 0.179. The number of halogens is 1. The zero-order valence-corrected chi connectivity index (χ0v) is 24.7. The van der Waals surface area contributed by atoms with Crippen molar-refractivity contribution < 1.29 is 19.0 Å². The molecule has 0 atom stereocenters. The Morgan fingerprint density at radius 2 is 1.87 bits per heavy atom. The fourth-order valence-corrected chi connectivity index (χ4v) is 4.81. The number of para-hydroxylation sites is 1. The summed E-state index contributed by atoms with van der Waals surface area (Å²) in [6, 6.07) is 16.7. The van der Waals surface area contributed by atoms with Crippen LogP contribution in [0.15, 0.2) is 64.5 Å². The molecular weight excluding hydrogens is 609 g/mol. The Morgan fingerprint density at radius 3 is 2.56 bits per heavy atom. The molecule has 0 aliphatic carbocycles. The third kappa shape index (κ3) is 6.30. The van der Waals surface area contributed by atoms with E-state index in [9.17, 15) is 9.59 Å². The van der Waals surface area contributed by atoms with E-state index in [2.05, 4.69) is 46.3 Å². The lowest BCUT2D eigenvalue weighted by Gasteiger charge is -2.18. The zero-order chi connectivity index (χ0) is 28.1. The maximum atomic E-state index is 13.7. The van der Waals surface area contributed by atoms with Crippen LogP contribution in [0.1, 0.15) is 43.4 Å². The van der Waals surface area contributed by atoms with Gasteiger partial charge in [-0.25, -0.2) is 9.78 Å². The van der Waals surface area contributed by atoms with E-state index in [0.29, 0.717) is 29.1 Å². The quantitative estimate of drug-likeness (QED) is 0.128. The Balaban J connectivity index is 1.83. The number of nitrogens with zero attached hydrogens (tertiary/aromatic N) is 3. The fraction of sp³-hybridized carbons (Fsp3) is 0.267. The predicted octanol–water partition coefficient (Wildman–Crippen LogP) is 5.93. The number of rotatable bonds is 9. The van der Waals surface area contributed by atoms with E-state index in [0.717, 1.165) is 31.6 Å². The molecule has 0 spiro atoms. The lowest BCUT2D eigenvalue weighted by atomic mass is 9.96. The fourth-order valence-electron chi connectivity index (χ4n) is 4.11. The summed E-state index contributed by atoms with van der Waals surface area (Å²) in [6.45, 7) is 8.54. The van der Waals surface area contributed by atoms with Crippen LogP contribution >= 0.6 is 22.6 Å². The first-order valence-corrected chi connectivity index (χ1v) is 13.6. The van der Waals surface area contributed by atoms with Crippen molar-refractivity contribution in [3.05, 3.63) is 85.2 Å². The van der Waals surface area contributed by atoms with Gasteiger partial charge in [0.05, 0.1) is 34.4 Å². The van der Waals surface area contributed by atoms with Gasteiger partial charge in [-0.05, 0) is 102 Å². The van der Waals surface area contributed by atoms with Gasteiger partial charge in [0.15, 0.2) is 12.4 Å². The lowest BCUT2D eigenvalue weighted by molar-refractivity contribution is -0.142. The SMILES string of the molecule is CCOc1cc(C)c(-c2nc3ccccc3c(=O)n2N=Cc2ccc(OCC(=O)OC)c(I)c2)cc1C(C)C. The molecule has 0 N–H and O–H groups in total. The van der Waals surface area contributed by atoms with Gasteiger partial charge < -0.3 is 14.2 Å². The Hall–Kier alpha value is -3.73. The Bertz CT molecular complexity index is 1610. The van der Waals surface area contributed by atoms with E-state index in [1.165, 1.54) is 11.8 Å². The summed E-state index contributed by atoms with van der Waals surface area (Å²) in [5.74, 6) is 1.57. The highest BCUT2D eigenvalue weighted by Crippen LogP contribution is 2.34. The molecule has 0 saturated carbocycles. The molecule has 39 heavy (non-hydrogen) atoms. The number of hydrogen-bond acceptors (Lipinski definition) is 7. The third-order valence-electron chi connectivity index (χ3n) is 6.12. The standard InChI is InChI=1S/C30H30IN3O5/c1-6-38-27-13-19(4)23(15-22(27)18(2)3)29-33-25-10-8-7-9-21(25)30(36)34(29)32-16-20-11-12-26(24(31)14-20)39-17-28(35)37-5/h7-16,18H,6,17H2,1-5H3. The number of carbonyl (C=O) groups is 1. The maximum absolute atomic E-state index is 13.7. The van der Waals surface area contributed by atoms with Crippen LogP contribution in [0.25, 0.3) is 22.3 Å². The number of esters is 1. The molecule has 4 aromatic rings. The molecule has 202 valence electrons. The van der Waals surface area contributed by atoms with E-state index in [1.54, 1.807) is 24.4 Å². The lowest BCUT2D eigenvalue weighted by Crippen LogP contribution is -2.21. The summed E-state index contributed by atoms with van der Waals surface area (Å²) in [7, 11) is 1.31. The van der Waals surface area contributed by atoms with Crippen molar-refractivity contribution in [2.24, 2.45) is 5.10 Å². The molecule has 1 aromatic heterocycles. The molecule has 0 fully saturated rings. The molecule has 0 aliphatic heterocycles. The summed E-state index contributed by atoms with van der Waals surface area (Å²) in [4.78, 5) is 30.0. The monoisotopic (exact) mass is 639 g/mol. The number of ether oxygens (including phenoxy) is 3. The van der Waals surface area contributed by atoms with Crippen LogP contribution in [0.5, 0.6) is 11.5 Å². The topological polar surface area (TPSA) is 92.0 Å². The molecule has 0 aliphatic rings. The highest BCUT2D eigenvalue weighted by Gasteiger charge is 2.18. The number of methoxy groups -OCH3 is 1. The number of fused-ring (bicyclic) bond motifs is 1. The van der Waals surface area contributed by atoms with Gasteiger partial charge >= 0.3 is 5.97 Å². The number of benzene rings is 3. The number of aryl methyl sites for hydroxylation is 1. The van der Waals surface area contributed by atoms with Gasteiger partial charge in [-0.3, -0.25) is 4.79 Å². The summed E-state index contributed by atoms with van der Waals surface area (Å²) in [5.41, 5.74) is 3.86. The molecule has 3 aromatic carbocycles. The van der Waals surface area contributed by atoms with Crippen molar-refractivity contribution in [3.8, 4) is 22.9 Å². The Kier molecular flexibility index (Phi) is 9.01. The average Bonchev–Trinajstić information content (AvgIpc) is 2.92. The highest BCUT2D eigenvalue weighted by atomic mass is 127. The van der Waals surface area contributed by atoms with Crippen molar-refractivity contribution in [2.75, 3.05) is 20.3 Å². The molecule has 8 nitrogen and oxygen atoms in total. The van der Waals surface area contributed by atoms with Crippen LogP contribution in [0.2, 0.25) is 0 Å². The van der Waals surface area contributed by atoms with Gasteiger partial charge in [0.1, 0.15) is 11.5 Å². The Morgan fingerprint density at radius 1 is 1.10 bits per heavy atom. The van der Waals surface area contributed by atoms with Crippen LogP contribution in [0, 0.1) is 10.5 Å². The summed E-state index contributed by atoms with van der Waals surface area (Å²) in [6.07, 6.45) is 1.61. The number of hydrogen-bond donors (Lipinski definition) is 0. The van der Waals surface area contributed by atoms with Gasteiger partial charge in [-0.2, -0.15) is 9.78 Å². The summed E-state index contributed by atoms with van der Waals surface area (Å²) >= 11 is 2.13. The van der Waals surface area contributed by atoms with Crippen LogP contribution in [0.4, 0.5) is 0 Å². The van der Waals surface area contributed by atoms with Crippen molar-refractivity contribution >= 4 is 45.7 Å². The first-order chi connectivity index (χ1) is 18.7. The molecule has 9 heteroatoms. The third-order valence-corrected chi connectivity index (χ3v) is 6.97. The second kappa shape index (κ2) is 12.4. The van der Waals surface area contributed by atoms with Crippen LogP contribution < -0.4 is 15.0 Å². The first-order valence-electron chi connectivity index (χ1n) is 12.6. The summed E-state index contributed by atoms with van der Waals surface area (Å²) in [5, 5.41) is 5.08. The second-order valence-corrected chi connectivity index (χ2v) is 10.3. The molecule has 0 saturated heterocycles. The van der Waals surface area contributed by atoms with E-state index in [4.69, 9.17) is 14.5 Å². The van der Waals surface area contributed by atoms with Crippen LogP contribution in [-0.2, 0) is 9.53 Å². The van der Waals surface area contributed by atoms with Crippen molar-refractivity contribution in [1.82, 2.24) is 9.66 Å². The van der Waals surface area contributed by atoms with Gasteiger partial charge in [-0.1, -0.05) is 26.0 Å². The van der Waals surface area contributed by atoms with Crippen molar-refractivity contribution in [1.29, 1.82) is 0 Å². The first kappa shape index (κ1) is 28.3. The molecule has 0 radical (unpaired) electrons. The minimum Gasteiger partial charge on any atom is -0.494 e. The molecule has 0 unspecified atom stereocenters.